The van der Waals surface area contributed by atoms with E-state index in [0.717, 1.165) is 12.8 Å². The minimum atomic E-state index is 0.0359. The Bertz CT molecular complexity index is 205. The second-order valence-corrected chi connectivity index (χ2v) is 3.32. The van der Waals surface area contributed by atoms with Crippen molar-refractivity contribution in [3.8, 4) is 0 Å². The second-order valence-electron chi connectivity index (χ2n) is 3.32. The van der Waals surface area contributed by atoms with Crippen LogP contribution in [0.2, 0.25) is 0 Å². The first-order chi connectivity index (χ1) is 6.29. The Kier molecular flexibility index (Phi) is 4.32. The number of aromatic amines is 1. The minimum absolute atomic E-state index is 0.0359. The van der Waals surface area contributed by atoms with Crippen molar-refractivity contribution in [2.45, 2.75) is 38.2 Å². The zero-order valence-electron chi connectivity index (χ0n) is 7.74. The van der Waals surface area contributed by atoms with Crippen molar-refractivity contribution < 1.29 is 5.11 Å². The summed E-state index contributed by atoms with van der Waals surface area (Å²) in [5, 5.41) is 15.0. The fourth-order valence-corrected chi connectivity index (χ4v) is 1.34. The highest BCUT2D eigenvalue weighted by Crippen LogP contribution is 2.16. The molecule has 1 aliphatic rings. The van der Waals surface area contributed by atoms with E-state index < -0.39 is 0 Å². The van der Waals surface area contributed by atoms with Gasteiger partial charge in [-0.25, -0.2) is 0 Å². The van der Waals surface area contributed by atoms with E-state index in [9.17, 15) is 0 Å². The highest BCUT2D eigenvalue weighted by Gasteiger charge is 2.07. The molecule has 4 heteroatoms. The molecule has 1 aromatic rings. The highest BCUT2D eigenvalue weighted by molar-refractivity contribution is 5.29. The van der Waals surface area contributed by atoms with Crippen LogP contribution in [-0.4, -0.2) is 21.4 Å². The average molecular weight is 183 g/mol. The summed E-state index contributed by atoms with van der Waals surface area (Å²) in [6.07, 6.45) is 9.10. The highest BCUT2D eigenvalue weighted by atomic mass is 16.3. The lowest BCUT2D eigenvalue weighted by Crippen LogP contribution is -2.09. The summed E-state index contributed by atoms with van der Waals surface area (Å²) in [6.45, 7) is 0. The number of H-pyrrole nitrogens is 1. The Morgan fingerprint density at radius 1 is 1.38 bits per heavy atom. The molecule has 2 rings (SSSR count). The number of anilines is 1. The van der Waals surface area contributed by atoms with Crippen LogP contribution in [-0.2, 0) is 0 Å². The van der Waals surface area contributed by atoms with E-state index in [-0.39, 0.29) is 6.10 Å². The third-order valence-corrected chi connectivity index (χ3v) is 2.09. The normalized spacial score (nSPS) is 17.6. The molecule has 1 aromatic heterocycles. The second kappa shape index (κ2) is 5.59. The Hall–Kier alpha value is -1.03. The molecule has 1 heterocycles. The summed E-state index contributed by atoms with van der Waals surface area (Å²) in [7, 11) is 0. The Morgan fingerprint density at radius 2 is 2.08 bits per heavy atom. The van der Waals surface area contributed by atoms with E-state index in [0.29, 0.717) is 5.69 Å². The summed E-state index contributed by atoms with van der Waals surface area (Å²) >= 11 is 0. The van der Waals surface area contributed by atoms with E-state index in [2.05, 4.69) is 10.2 Å². The molecule has 0 unspecified atom stereocenters. The molecule has 0 atom stereocenters. The average Bonchev–Trinajstić information content (AvgIpc) is 2.58. The van der Waals surface area contributed by atoms with Crippen LogP contribution in [0.1, 0.15) is 32.1 Å². The number of aliphatic hydroxyl groups is 1. The molecule has 4 nitrogen and oxygen atoms in total. The number of hydrogen-bond donors (Lipinski definition) is 3. The van der Waals surface area contributed by atoms with E-state index >= 15 is 0 Å². The van der Waals surface area contributed by atoms with Gasteiger partial charge >= 0.3 is 0 Å². The molecule has 0 aliphatic heterocycles. The predicted molar refractivity (Wildman–Crippen MR) is 52.1 cm³/mol. The zero-order chi connectivity index (χ0) is 9.52. The number of nitrogens with two attached hydrogens (primary N) is 1. The van der Waals surface area contributed by atoms with E-state index in [1.54, 1.807) is 12.4 Å². The Labute approximate surface area is 78.2 Å². The number of nitrogens with one attached hydrogen (secondary N) is 1. The number of nitrogen functional groups attached to an aromatic ring is 1. The number of hydrogen-bond acceptors (Lipinski definition) is 3. The van der Waals surface area contributed by atoms with Crippen molar-refractivity contribution >= 4 is 5.69 Å². The monoisotopic (exact) mass is 183 g/mol. The van der Waals surface area contributed by atoms with E-state index in [4.69, 9.17) is 10.8 Å². The fourth-order valence-electron chi connectivity index (χ4n) is 1.34. The first kappa shape index (κ1) is 10.1. The molecular formula is C9H17N3O. The molecule has 13 heavy (non-hydrogen) atoms. The van der Waals surface area contributed by atoms with Crippen LogP contribution in [0.15, 0.2) is 12.4 Å². The molecule has 0 saturated heterocycles. The lowest BCUT2D eigenvalue weighted by atomic mass is 9.98. The molecule has 0 aromatic carbocycles. The van der Waals surface area contributed by atoms with Crippen molar-refractivity contribution in [3.05, 3.63) is 12.4 Å². The maximum Gasteiger partial charge on any atom is 0.0717 e. The lowest BCUT2D eigenvalue weighted by Gasteiger charge is -2.14. The minimum Gasteiger partial charge on any atom is -0.396 e. The quantitative estimate of drug-likeness (QED) is 0.567. The van der Waals surface area contributed by atoms with Gasteiger partial charge in [-0.05, 0) is 12.8 Å². The van der Waals surface area contributed by atoms with Crippen molar-refractivity contribution in [2.24, 2.45) is 0 Å². The van der Waals surface area contributed by atoms with Gasteiger partial charge in [-0.2, -0.15) is 5.10 Å². The molecule has 4 N–H and O–H groups in total. The van der Waals surface area contributed by atoms with Gasteiger partial charge in [-0.3, -0.25) is 5.10 Å². The van der Waals surface area contributed by atoms with Crippen LogP contribution in [0.4, 0.5) is 5.69 Å². The Morgan fingerprint density at radius 3 is 2.31 bits per heavy atom. The van der Waals surface area contributed by atoms with Crippen LogP contribution < -0.4 is 5.73 Å². The van der Waals surface area contributed by atoms with Crippen molar-refractivity contribution in [1.82, 2.24) is 10.2 Å². The van der Waals surface area contributed by atoms with Crippen LogP contribution in [0.5, 0.6) is 0 Å². The van der Waals surface area contributed by atoms with Gasteiger partial charge in [0.2, 0.25) is 0 Å². The molecule has 74 valence electrons. The van der Waals surface area contributed by atoms with Gasteiger partial charge < -0.3 is 10.8 Å². The third kappa shape index (κ3) is 4.52. The van der Waals surface area contributed by atoms with Crippen LogP contribution in [0, 0.1) is 0 Å². The molecule has 1 aliphatic carbocycles. The topological polar surface area (TPSA) is 74.9 Å². The van der Waals surface area contributed by atoms with Gasteiger partial charge in [0, 0.05) is 6.20 Å². The molecule has 0 bridgehead atoms. The summed E-state index contributed by atoms with van der Waals surface area (Å²) in [5.41, 5.74) is 5.86. The smallest absolute Gasteiger partial charge is 0.0717 e. The number of nitrogens with zero attached hydrogens (tertiary/aromatic N) is 1. The van der Waals surface area contributed by atoms with Crippen molar-refractivity contribution in [3.63, 3.8) is 0 Å². The standard InChI is InChI=1S/C6H12O.C3H5N3/c7-6-4-2-1-3-5-6;4-3-1-5-6-2-3/h6-7H,1-5H2;1-2H,4H2,(H,5,6). The number of aliphatic hydroxyl groups excluding tert-OH is 1. The van der Waals surface area contributed by atoms with Gasteiger partial charge in [0.05, 0.1) is 18.0 Å². The maximum absolute atomic E-state index is 8.91. The summed E-state index contributed by atoms with van der Waals surface area (Å²) in [6, 6.07) is 0. The largest absolute Gasteiger partial charge is 0.396 e. The first-order valence-electron chi connectivity index (χ1n) is 4.71. The molecular weight excluding hydrogens is 166 g/mol. The fraction of sp³-hybridized carbons (Fsp3) is 0.667. The summed E-state index contributed by atoms with van der Waals surface area (Å²) in [4.78, 5) is 0. The molecule has 0 spiro atoms. The zero-order valence-corrected chi connectivity index (χ0v) is 7.74. The van der Waals surface area contributed by atoms with Gasteiger partial charge in [-0.1, -0.05) is 19.3 Å². The van der Waals surface area contributed by atoms with E-state index in [1.165, 1.54) is 19.3 Å². The SMILES string of the molecule is Nc1cn[nH]c1.OC1CCCCC1. The van der Waals surface area contributed by atoms with Crippen LogP contribution >= 0.6 is 0 Å². The maximum atomic E-state index is 8.91. The van der Waals surface area contributed by atoms with Crippen molar-refractivity contribution in [1.29, 1.82) is 0 Å². The first-order valence-corrected chi connectivity index (χ1v) is 4.71. The lowest BCUT2D eigenvalue weighted by molar-refractivity contribution is 0.130. The van der Waals surface area contributed by atoms with Gasteiger partial charge in [0.1, 0.15) is 0 Å². The Balaban J connectivity index is 0.000000132. The van der Waals surface area contributed by atoms with Crippen LogP contribution in [0.3, 0.4) is 0 Å². The number of rotatable bonds is 0. The molecule has 1 saturated carbocycles. The predicted octanol–water partition coefficient (Wildman–Crippen LogP) is 1.30. The van der Waals surface area contributed by atoms with Gasteiger partial charge in [0.15, 0.2) is 0 Å². The number of aromatic nitrogens is 2. The molecule has 0 radical (unpaired) electrons. The van der Waals surface area contributed by atoms with Gasteiger partial charge in [0.25, 0.3) is 0 Å². The van der Waals surface area contributed by atoms with Crippen molar-refractivity contribution in [2.75, 3.05) is 5.73 Å². The van der Waals surface area contributed by atoms with E-state index in [1.807, 2.05) is 0 Å². The molecule has 0 amide bonds. The molecule has 1 fully saturated rings. The van der Waals surface area contributed by atoms with Gasteiger partial charge in [-0.15, -0.1) is 0 Å². The summed E-state index contributed by atoms with van der Waals surface area (Å²) in [5.74, 6) is 0. The van der Waals surface area contributed by atoms with Crippen LogP contribution in [0.25, 0.3) is 0 Å². The third-order valence-electron chi connectivity index (χ3n) is 2.09. The summed E-state index contributed by atoms with van der Waals surface area (Å²) < 4.78 is 0.